The van der Waals surface area contributed by atoms with Crippen LogP contribution in [0.5, 0.6) is 0 Å². The Morgan fingerprint density at radius 1 is 1.50 bits per heavy atom. The van der Waals surface area contributed by atoms with Gasteiger partial charge in [0.25, 0.3) is 0 Å². The zero-order valence-electron chi connectivity index (χ0n) is 5.80. The predicted octanol–water partition coefficient (Wildman–Crippen LogP) is 2.02. The first-order chi connectivity index (χ1) is 4.43. The van der Waals surface area contributed by atoms with Crippen molar-refractivity contribution in [1.82, 2.24) is 0 Å². The molecule has 0 aliphatic carbocycles. The van der Waals surface area contributed by atoms with Crippen molar-refractivity contribution in [3.8, 4) is 0 Å². The molecule has 0 bridgehead atoms. The summed E-state index contributed by atoms with van der Waals surface area (Å²) in [6.07, 6.45) is 3.60. The third-order valence-electron chi connectivity index (χ3n) is 1.09. The van der Waals surface area contributed by atoms with Crippen molar-refractivity contribution in [2.75, 3.05) is 0 Å². The van der Waals surface area contributed by atoms with Gasteiger partial charge in [0.15, 0.2) is 0 Å². The summed E-state index contributed by atoms with van der Waals surface area (Å²) in [5, 5.41) is 0. The van der Waals surface area contributed by atoms with Gasteiger partial charge >= 0.3 is 0 Å². The Bertz CT molecular complexity index is 179. The van der Waals surface area contributed by atoms with Crippen LogP contribution in [0.4, 0.5) is 0 Å². The Morgan fingerprint density at radius 2 is 2.30 bits per heavy atom. The van der Waals surface area contributed by atoms with Crippen LogP contribution in [0, 0.1) is 12.1 Å². The molecule has 0 amide bonds. The van der Waals surface area contributed by atoms with Crippen molar-refractivity contribution in [3.63, 3.8) is 0 Å². The second kappa shape index (κ2) is 5.82. The van der Waals surface area contributed by atoms with Crippen LogP contribution in [-0.4, -0.2) is 0 Å². The maximum Gasteiger partial charge on any atom is 0 e. The minimum absolute atomic E-state index is 0. The number of benzene rings is 1. The molecular formula is C9H8Y-2. The largest absolute Gasteiger partial charge is 0.502 e. The van der Waals surface area contributed by atoms with Crippen LogP contribution in [-0.2, 0) is 39.1 Å². The molecule has 0 nitrogen and oxygen atoms in total. The third kappa shape index (κ3) is 3.29. The number of hydrogen-bond donors (Lipinski definition) is 0. The number of rotatable bonds is 2. The standard InChI is InChI=1S/C9H8.Y/c1-2-6-9-7-4-3-5-8-9;/h3-5,7H,1,6H2;/q-2;. The summed E-state index contributed by atoms with van der Waals surface area (Å²) in [6, 6.07) is 10.9. The summed E-state index contributed by atoms with van der Waals surface area (Å²) >= 11 is 0. The molecular weight excluding hydrogens is 197 g/mol. The van der Waals surface area contributed by atoms with Gasteiger partial charge in [-0.1, -0.05) is 0 Å². The van der Waals surface area contributed by atoms with Crippen LogP contribution in [0.3, 0.4) is 0 Å². The van der Waals surface area contributed by atoms with Gasteiger partial charge in [0, 0.05) is 32.7 Å². The minimum atomic E-state index is 0. The molecule has 0 aliphatic rings. The molecule has 0 unspecified atom stereocenters. The van der Waals surface area contributed by atoms with E-state index in [1.807, 2.05) is 24.3 Å². The average molecular weight is 205 g/mol. The summed E-state index contributed by atoms with van der Waals surface area (Å²) in [7, 11) is 0. The zero-order valence-corrected chi connectivity index (χ0v) is 8.64. The van der Waals surface area contributed by atoms with E-state index in [4.69, 9.17) is 0 Å². The summed E-state index contributed by atoms with van der Waals surface area (Å²) < 4.78 is 0. The van der Waals surface area contributed by atoms with Crippen LogP contribution in [0.25, 0.3) is 0 Å². The molecule has 1 aromatic rings. The number of allylic oxidation sites excluding steroid dienone is 1. The van der Waals surface area contributed by atoms with Gasteiger partial charge < -0.3 is 6.08 Å². The van der Waals surface area contributed by atoms with Gasteiger partial charge in [0.05, 0.1) is 0 Å². The Morgan fingerprint density at radius 3 is 2.80 bits per heavy atom. The number of hydrogen-bond acceptors (Lipinski definition) is 0. The van der Waals surface area contributed by atoms with Gasteiger partial charge in [-0.15, -0.1) is 0 Å². The maximum atomic E-state index is 3.51. The normalized spacial score (nSPS) is 8.00. The quantitative estimate of drug-likeness (QED) is 0.648. The first-order valence-electron chi connectivity index (χ1n) is 2.89. The van der Waals surface area contributed by atoms with Gasteiger partial charge in [-0.25, -0.2) is 0 Å². The molecule has 1 aromatic carbocycles. The first-order valence-corrected chi connectivity index (χ1v) is 2.89. The van der Waals surface area contributed by atoms with Crippen molar-refractivity contribution in [2.45, 2.75) is 6.42 Å². The molecule has 0 heterocycles. The molecule has 1 radical (unpaired) electrons. The monoisotopic (exact) mass is 205 g/mol. The van der Waals surface area contributed by atoms with E-state index >= 15 is 0 Å². The average Bonchev–Trinajstić information content (AvgIpc) is 1.91. The molecule has 0 aromatic heterocycles. The van der Waals surface area contributed by atoms with E-state index in [2.05, 4.69) is 18.7 Å². The van der Waals surface area contributed by atoms with E-state index in [0.717, 1.165) is 12.0 Å². The Kier molecular flexibility index (Phi) is 5.86. The fourth-order valence-electron chi connectivity index (χ4n) is 0.675. The topological polar surface area (TPSA) is 0 Å². The Labute approximate surface area is 87.2 Å². The minimum Gasteiger partial charge on any atom is -0.502 e. The van der Waals surface area contributed by atoms with Crippen LogP contribution in [0.2, 0.25) is 0 Å². The first kappa shape index (κ1) is 10.1. The SMILES string of the molecule is C=[C-]Cc1[c-]cccc1.[Y]. The van der Waals surface area contributed by atoms with E-state index in [1.54, 1.807) is 0 Å². The molecule has 0 N–H and O–H groups in total. The van der Waals surface area contributed by atoms with Gasteiger partial charge in [-0.2, -0.15) is 42.3 Å². The third-order valence-corrected chi connectivity index (χ3v) is 1.09. The van der Waals surface area contributed by atoms with Crippen LogP contribution >= 0.6 is 0 Å². The van der Waals surface area contributed by atoms with Crippen molar-refractivity contribution in [1.29, 1.82) is 0 Å². The molecule has 0 fully saturated rings. The molecule has 0 saturated heterocycles. The molecule has 0 aliphatic heterocycles. The van der Waals surface area contributed by atoms with Crippen molar-refractivity contribution >= 4 is 0 Å². The molecule has 10 heavy (non-hydrogen) atoms. The van der Waals surface area contributed by atoms with Gasteiger partial charge in [0.2, 0.25) is 0 Å². The van der Waals surface area contributed by atoms with Gasteiger partial charge in [0.1, 0.15) is 0 Å². The van der Waals surface area contributed by atoms with Crippen molar-refractivity contribution in [3.05, 3.63) is 48.6 Å². The van der Waals surface area contributed by atoms with E-state index in [1.165, 1.54) is 0 Å². The van der Waals surface area contributed by atoms with E-state index in [9.17, 15) is 0 Å². The molecule has 0 atom stereocenters. The van der Waals surface area contributed by atoms with E-state index < -0.39 is 0 Å². The molecule has 49 valence electrons. The smallest absolute Gasteiger partial charge is 0 e. The summed E-state index contributed by atoms with van der Waals surface area (Å²) in [6.45, 7) is 3.51. The summed E-state index contributed by atoms with van der Waals surface area (Å²) in [5.41, 5.74) is 1.15. The zero-order chi connectivity index (χ0) is 6.53. The van der Waals surface area contributed by atoms with Gasteiger partial charge in [-0.05, 0) is 0 Å². The molecule has 0 saturated carbocycles. The molecule has 1 heteroatoms. The van der Waals surface area contributed by atoms with E-state index in [-0.39, 0.29) is 32.7 Å². The van der Waals surface area contributed by atoms with Crippen molar-refractivity contribution in [2.24, 2.45) is 0 Å². The Balaban J connectivity index is 0.000000810. The summed E-state index contributed by atoms with van der Waals surface area (Å²) in [5.74, 6) is 0. The van der Waals surface area contributed by atoms with Crippen molar-refractivity contribution < 1.29 is 32.7 Å². The fourth-order valence-corrected chi connectivity index (χ4v) is 0.675. The van der Waals surface area contributed by atoms with Crippen LogP contribution < -0.4 is 0 Å². The Hall–Kier alpha value is 0.0639. The molecule has 1 rings (SSSR count). The predicted molar refractivity (Wildman–Crippen MR) is 37.9 cm³/mol. The fraction of sp³-hybridized carbons (Fsp3) is 0.111. The van der Waals surface area contributed by atoms with Crippen LogP contribution in [0.15, 0.2) is 30.8 Å². The maximum absolute atomic E-state index is 3.51. The second-order valence-corrected chi connectivity index (χ2v) is 1.81. The summed E-state index contributed by atoms with van der Waals surface area (Å²) in [4.78, 5) is 0. The second-order valence-electron chi connectivity index (χ2n) is 1.81. The molecule has 0 spiro atoms. The van der Waals surface area contributed by atoms with E-state index in [0.29, 0.717) is 0 Å². The van der Waals surface area contributed by atoms with Gasteiger partial charge in [-0.3, -0.25) is 6.58 Å². The van der Waals surface area contributed by atoms with Crippen LogP contribution in [0.1, 0.15) is 5.56 Å².